The molecule has 1 aliphatic heterocycles. The van der Waals surface area contributed by atoms with Crippen molar-refractivity contribution in [3.8, 4) is 0 Å². The van der Waals surface area contributed by atoms with Gasteiger partial charge in [0.1, 0.15) is 6.54 Å². The van der Waals surface area contributed by atoms with E-state index in [0.29, 0.717) is 25.2 Å². The highest BCUT2D eigenvalue weighted by molar-refractivity contribution is 5.84. The molecule has 22 heavy (non-hydrogen) atoms. The highest BCUT2D eigenvalue weighted by Gasteiger charge is 2.22. The molecule has 0 aromatic rings. The smallest absolute Gasteiger partial charge is 0.241 e. The van der Waals surface area contributed by atoms with Crippen LogP contribution in [0.15, 0.2) is 4.99 Å². The van der Waals surface area contributed by atoms with Gasteiger partial charge in [-0.05, 0) is 32.9 Å². The number of guanidine groups is 1. The van der Waals surface area contributed by atoms with Gasteiger partial charge >= 0.3 is 0 Å². The first kappa shape index (κ1) is 18.7. The molecule has 3 N–H and O–H groups in total. The fraction of sp³-hybridized carbons (Fsp3) is 0.867. The fourth-order valence-corrected chi connectivity index (χ4v) is 2.60. The van der Waals surface area contributed by atoms with Crippen molar-refractivity contribution in [1.82, 2.24) is 20.9 Å². The molecular formula is C15H31N5O2. The second-order valence-electron chi connectivity index (χ2n) is 5.34. The number of ether oxygens (including phenoxy) is 1. The lowest BCUT2D eigenvalue weighted by atomic mass is 10.2. The average molecular weight is 313 g/mol. The molecule has 7 nitrogen and oxygen atoms in total. The highest BCUT2D eigenvalue weighted by atomic mass is 16.5. The molecule has 1 heterocycles. The molecule has 1 unspecified atom stereocenters. The van der Waals surface area contributed by atoms with Crippen molar-refractivity contribution < 1.29 is 9.53 Å². The Hall–Kier alpha value is -1.34. The number of nitrogens with one attached hydrogen (secondary N) is 3. The Morgan fingerprint density at radius 1 is 1.32 bits per heavy atom. The van der Waals surface area contributed by atoms with E-state index in [0.717, 1.165) is 19.6 Å². The van der Waals surface area contributed by atoms with E-state index in [1.807, 2.05) is 6.92 Å². The standard InChI is InChI=1S/C15H31N5O2/c1-4-16-15(19-12-14(21)17-8-10-22-3)18-11-13-7-6-9-20(13)5-2/h13H,4-12H2,1-3H3,(H,17,21)(H2,16,18,19). The van der Waals surface area contributed by atoms with E-state index < -0.39 is 0 Å². The molecule has 0 spiro atoms. The van der Waals surface area contributed by atoms with Crippen LogP contribution in [-0.2, 0) is 9.53 Å². The van der Waals surface area contributed by atoms with Gasteiger partial charge in [-0.25, -0.2) is 4.99 Å². The first-order valence-electron chi connectivity index (χ1n) is 8.23. The Balaban J connectivity index is 2.36. The zero-order valence-electron chi connectivity index (χ0n) is 14.2. The summed E-state index contributed by atoms with van der Waals surface area (Å²) in [4.78, 5) is 18.5. The number of amides is 1. The normalized spacial score (nSPS) is 19.2. The molecule has 1 saturated heterocycles. The van der Waals surface area contributed by atoms with Gasteiger partial charge in [0.25, 0.3) is 0 Å². The third-order valence-corrected chi connectivity index (χ3v) is 3.76. The zero-order valence-corrected chi connectivity index (χ0v) is 14.2. The summed E-state index contributed by atoms with van der Waals surface area (Å²) >= 11 is 0. The van der Waals surface area contributed by atoms with Crippen LogP contribution in [0.5, 0.6) is 0 Å². The van der Waals surface area contributed by atoms with Crippen molar-refractivity contribution in [1.29, 1.82) is 0 Å². The second-order valence-corrected chi connectivity index (χ2v) is 5.34. The molecule has 0 saturated carbocycles. The molecule has 0 aromatic heterocycles. The van der Waals surface area contributed by atoms with E-state index in [1.165, 1.54) is 19.4 Å². The van der Waals surface area contributed by atoms with Crippen LogP contribution in [0, 0.1) is 0 Å². The van der Waals surface area contributed by atoms with Crippen molar-refractivity contribution in [3.63, 3.8) is 0 Å². The van der Waals surface area contributed by atoms with Gasteiger partial charge < -0.3 is 20.7 Å². The topological polar surface area (TPSA) is 78.0 Å². The van der Waals surface area contributed by atoms with E-state index in [9.17, 15) is 4.79 Å². The summed E-state index contributed by atoms with van der Waals surface area (Å²) in [5.41, 5.74) is 0. The highest BCUT2D eigenvalue weighted by Crippen LogP contribution is 2.15. The summed E-state index contributed by atoms with van der Waals surface area (Å²) < 4.78 is 4.89. The number of nitrogens with zero attached hydrogens (tertiary/aromatic N) is 2. The Kier molecular flexibility index (Phi) is 9.57. The van der Waals surface area contributed by atoms with Gasteiger partial charge in [-0.15, -0.1) is 0 Å². The van der Waals surface area contributed by atoms with Crippen LogP contribution in [0.4, 0.5) is 0 Å². The number of methoxy groups -OCH3 is 1. The summed E-state index contributed by atoms with van der Waals surface area (Å²) in [6.07, 6.45) is 2.48. The van der Waals surface area contributed by atoms with E-state index >= 15 is 0 Å². The minimum Gasteiger partial charge on any atom is -0.383 e. The van der Waals surface area contributed by atoms with Gasteiger partial charge in [0.05, 0.1) is 6.61 Å². The molecule has 7 heteroatoms. The van der Waals surface area contributed by atoms with Gasteiger partial charge in [-0.1, -0.05) is 6.92 Å². The number of hydrogen-bond donors (Lipinski definition) is 3. The molecule has 1 fully saturated rings. The quantitative estimate of drug-likeness (QED) is 0.312. The average Bonchev–Trinajstić information content (AvgIpc) is 2.98. The maximum absolute atomic E-state index is 11.6. The first-order valence-corrected chi connectivity index (χ1v) is 8.23. The van der Waals surface area contributed by atoms with Crippen molar-refractivity contribution in [2.75, 3.05) is 53.0 Å². The SMILES string of the molecule is CCNC(=NCC(=O)NCCOC)NCC1CCCN1CC. The predicted octanol–water partition coefficient (Wildman–Crippen LogP) is -0.212. The molecule has 1 amide bonds. The van der Waals surface area contributed by atoms with Crippen molar-refractivity contribution >= 4 is 11.9 Å². The summed E-state index contributed by atoms with van der Waals surface area (Å²) in [7, 11) is 1.61. The number of carbonyl (C=O) groups excluding carboxylic acids is 1. The molecule has 1 aliphatic rings. The van der Waals surface area contributed by atoms with Crippen LogP contribution in [0.3, 0.4) is 0 Å². The van der Waals surface area contributed by atoms with Gasteiger partial charge in [0.2, 0.25) is 5.91 Å². The van der Waals surface area contributed by atoms with Crippen LogP contribution >= 0.6 is 0 Å². The van der Waals surface area contributed by atoms with Crippen LogP contribution < -0.4 is 16.0 Å². The Morgan fingerprint density at radius 3 is 2.82 bits per heavy atom. The Morgan fingerprint density at radius 2 is 2.14 bits per heavy atom. The van der Waals surface area contributed by atoms with Crippen molar-refractivity contribution in [2.24, 2.45) is 4.99 Å². The summed E-state index contributed by atoms with van der Waals surface area (Å²) in [6, 6.07) is 0.560. The second kappa shape index (κ2) is 11.3. The van der Waals surface area contributed by atoms with Crippen LogP contribution in [0.25, 0.3) is 0 Å². The summed E-state index contributed by atoms with van der Waals surface area (Å²) in [5, 5.41) is 9.28. The van der Waals surface area contributed by atoms with Gasteiger partial charge in [-0.3, -0.25) is 9.69 Å². The Labute approximate surface area is 133 Å². The third-order valence-electron chi connectivity index (χ3n) is 3.76. The molecule has 1 atom stereocenters. The van der Waals surface area contributed by atoms with Crippen LogP contribution in [0.2, 0.25) is 0 Å². The molecule has 0 aromatic carbocycles. The minimum atomic E-state index is -0.0923. The lowest BCUT2D eigenvalue weighted by Gasteiger charge is -2.23. The monoisotopic (exact) mass is 313 g/mol. The lowest BCUT2D eigenvalue weighted by Crippen LogP contribution is -2.45. The molecule has 0 aliphatic carbocycles. The number of likely N-dealkylation sites (tertiary alicyclic amines) is 1. The van der Waals surface area contributed by atoms with Gasteiger partial charge in [0.15, 0.2) is 5.96 Å². The molecular weight excluding hydrogens is 282 g/mol. The summed E-state index contributed by atoms with van der Waals surface area (Å²) in [5.74, 6) is 0.609. The lowest BCUT2D eigenvalue weighted by molar-refractivity contribution is -0.119. The maximum Gasteiger partial charge on any atom is 0.241 e. The predicted molar refractivity (Wildman–Crippen MR) is 89.1 cm³/mol. The zero-order chi connectivity index (χ0) is 16.2. The van der Waals surface area contributed by atoms with E-state index in [1.54, 1.807) is 7.11 Å². The maximum atomic E-state index is 11.6. The molecule has 1 rings (SSSR count). The van der Waals surface area contributed by atoms with E-state index in [-0.39, 0.29) is 12.5 Å². The van der Waals surface area contributed by atoms with E-state index in [4.69, 9.17) is 4.74 Å². The number of rotatable bonds is 9. The number of aliphatic imine (C=N–C) groups is 1. The third kappa shape index (κ3) is 7.09. The largest absolute Gasteiger partial charge is 0.383 e. The minimum absolute atomic E-state index is 0.0923. The van der Waals surface area contributed by atoms with Gasteiger partial charge in [0, 0.05) is 32.8 Å². The Bertz CT molecular complexity index is 349. The first-order chi connectivity index (χ1) is 10.7. The van der Waals surface area contributed by atoms with Crippen LogP contribution in [0.1, 0.15) is 26.7 Å². The number of carbonyl (C=O) groups is 1. The fourth-order valence-electron chi connectivity index (χ4n) is 2.60. The van der Waals surface area contributed by atoms with E-state index in [2.05, 4.69) is 32.8 Å². The van der Waals surface area contributed by atoms with Crippen LogP contribution in [-0.4, -0.2) is 75.8 Å². The van der Waals surface area contributed by atoms with Crippen molar-refractivity contribution in [3.05, 3.63) is 0 Å². The molecule has 0 radical (unpaired) electrons. The summed E-state index contributed by atoms with van der Waals surface area (Å²) in [6.45, 7) is 9.28. The van der Waals surface area contributed by atoms with Crippen molar-refractivity contribution in [2.45, 2.75) is 32.7 Å². The molecule has 0 bridgehead atoms. The number of hydrogen-bond acceptors (Lipinski definition) is 4. The number of likely N-dealkylation sites (N-methyl/N-ethyl adjacent to an activating group) is 1. The van der Waals surface area contributed by atoms with Gasteiger partial charge in [-0.2, -0.15) is 0 Å². The molecule has 128 valence electrons.